The number of hydrogen-bond acceptors (Lipinski definition) is 3. The molecule has 1 saturated carbocycles. The molecule has 2 aliphatic rings. The van der Waals surface area contributed by atoms with Crippen molar-refractivity contribution in [3.8, 4) is 0 Å². The maximum atomic E-state index is 13.2. The maximum absolute atomic E-state index is 13.2. The SMILES string of the molecule is O=c1ccc(S(=O)(=O)N2CCCC2)cn1C[NH+](Cc1ccc(F)cc1)C1CC1. The summed E-state index contributed by atoms with van der Waals surface area (Å²) in [6, 6.07) is 9.58. The predicted molar refractivity (Wildman–Crippen MR) is 103 cm³/mol. The van der Waals surface area contributed by atoms with Crippen molar-refractivity contribution in [2.75, 3.05) is 13.1 Å². The summed E-state index contributed by atoms with van der Waals surface area (Å²) in [5.41, 5.74) is 0.787. The summed E-state index contributed by atoms with van der Waals surface area (Å²) in [4.78, 5) is 13.7. The van der Waals surface area contributed by atoms with Crippen LogP contribution in [0, 0.1) is 5.82 Å². The minimum atomic E-state index is -3.56. The molecule has 1 saturated heterocycles. The molecule has 1 aliphatic heterocycles. The monoisotopic (exact) mass is 406 g/mol. The molecule has 0 radical (unpaired) electrons. The molecule has 0 bridgehead atoms. The van der Waals surface area contributed by atoms with Crippen molar-refractivity contribution in [2.45, 2.75) is 49.8 Å². The number of pyridine rings is 1. The molecule has 150 valence electrons. The second-order valence-electron chi connectivity index (χ2n) is 7.68. The van der Waals surface area contributed by atoms with E-state index in [1.165, 1.54) is 44.2 Å². The van der Waals surface area contributed by atoms with E-state index < -0.39 is 10.0 Å². The Bertz CT molecular complexity index is 994. The number of sulfonamides is 1. The van der Waals surface area contributed by atoms with Gasteiger partial charge in [0.1, 0.15) is 12.4 Å². The highest BCUT2D eigenvalue weighted by molar-refractivity contribution is 7.89. The summed E-state index contributed by atoms with van der Waals surface area (Å²) in [5, 5.41) is 0. The fraction of sp³-hybridized carbons (Fsp3) is 0.450. The highest BCUT2D eigenvalue weighted by Gasteiger charge is 2.34. The van der Waals surface area contributed by atoms with Crippen molar-refractivity contribution in [2.24, 2.45) is 0 Å². The van der Waals surface area contributed by atoms with E-state index in [4.69, 9.17) is 0 Å². The Morgan fingerprint density at radius 1 is 1.04 bits per heavy atom. The third kappa shape index (κ3) is 4.19. The minimum Gasteiger partial charge on any atom is -0.311 e. The van der Waals surface area contributed by atoms with E-state index in [1.54, 1.807) is 12.1 Å². The molecule has 2 heterocycles. The molecular weight excluding hydrogens is 381 g/mol. The summed E-state index contributed by atoms with van der Waals surface area (Å²) in [6.45, 7) is 2.13. The lowest BCUT2D eigenvalue weighted by Gasteiger charge is -2.21. The van der Waals surface area contributed by atoms with Crippen LogP contribution in [0.5, 0.6) is 0 Å². The van der Waals surface area contributed by atoms with Crippen LogP contribution in [0.4, 0.5) is 4.39 Å². The highest BCUT2D eigenvalue weighted by Crippen LogP contribution is 2.20. The van der Waals surface area contributed by atoms with Gasteiger partial charge in [-0.1, -0.05) is 12.1 Å². The number of nitrogens with one attached hydrogen (secondary N) is 1. The van der Waals surface area contributed by atoms with Crippen molar-refractivity contribution in [1.82, 2.24) is 8.87 Å². The summed E-state index contributed by atoms with van der Waals surface area (Å²) < 4.78 is 41.8. The Kier molecular flexibility index (Phi) is 5.35. The van der Waals surface area contributed by atoms with Gasteiger partial charge in [-0.05, 0) is 31.0 Å². The van der Waals surface area contributed by atoms with Gasteiger partial charge in [0.05, 0.1) is 10.9 Å². The smallest absolute Gasteiger partial charge is 0.254 e. The van der Waals surface area contributed by atoms with E-state index in [9.17, 15) is 17.6 Å². The summed E-state index contributed by atoms with van der Waals surface area (Å²) in [7, 11) is -3.56. The quantitative estimate of drug-likeness (QED) is 0.746. The average molecular weight is 407 g/mol. The lowest BCUT2D eigenvalue weighted by Crippen LogP contribution is -3.11. The fourth-order valence-electron chi connectivity index (χ4n) is 3.77. The Balaban J connectivity index is 1.57. The molecule has 1 atom stereocenters. The van der Waals surface area contributed by atoms with E-state index in [2.05, 4.69) is 0 Å². The Hall–Kier alpha value is -2.03. The number of benzene rings is 1. The summed E-state index contributed by atoms with van der Waals surface area (Å²) in [6.07, 6.45) is 5.38. The van der Waals surface area contributed by atoms with Crippen molar-refractivity contribution in [3.05, 3.63) is 64.3 Å². The first-order chi connectivity index (χ1) is 13.4. The van der Waals surface area contributed by atoms with Gasteiger partial charge in [0.25, 0.3) is 5.56 Å². The average Bonchev–Trinajstić information content (AvgIpc) is 3.37. The summed E-state index contributed by atoms with van der Waals surface area (Å²) in [5.74, 6) is -0.271. The van der Waals surface area contributed by atoms with Crippen LogP contribution in [0.15, 0.2) is 52.3 Å². The maximum Gasteiger partial charge on any atom is 0.254 e. The van der Waals surface area contributed by atoms with Gasteiger partial charge in [0, 0.05) is 43.8 Å². The Morgan fingerprint density at radius 3 is 2.36 bits per heavy atom. The van der Waals surface area contributed by atoms with Crippen LogP contribution in [-0.2, 0) is 23.2 Å². The van der Waals surface area contributed by atoms with Gasteiger partial charge in [0.2, 0.25) is 10.0 Å². The zero-order valence-corrected chi connectivity index (χ0v) is 16.5. The van der Waals surface area contributed by atoms with Gasteiger partial charge >= 0.3 is 0 Å². The second kappa shape index (κ2) is 7.77. The number of quaternary nitrogens is 1. The number of hydrogen-bond donors (Lipinski definition) is 1. The van der Waals surface area contributed by atoms with Gasteiger partial charge in [-0.2, -0.15) is 4.31 Å². The van der Waals surface area contributed by atoms with Crippen molar-refractivity contribution < 1.29 is 17.7 Å². The molecule has 1 unspecified atom stereocenters. The summed E-state index contributed by atoms with van der Waals surface area (Å²) >= 11 is 0. The zero-order chi connectivity index (χ0) is 19.7. The highest BCUT2D eigenvalue weighted by atomic mass is 32.2. The van der Waals surface area contributed by atoms with Crippen LogP contribution in [0.25, 0.3) is 0 Å². The van der Waals surface area contributed by atoms with Crippen LogP contribution in [0.2, 0.25) is 0 Å². The lowest BCUT2D eigenvalue weighted by molar-refractivity contribution is -0.947. The van der Waals surface area contributed by atoms with E-state index >= 15 is 0 Å². The van der Waals surface area contributed by atoms with Gasteiger partial charge < -0.3 is 4.90 Å². The molecular formula is C20H25FN3O3S+. The molecule has 4 rings (SSSR count). The molecule has 28 heavy (non-hydrogen) atoms. The Labute approximate surface area is 164 Å². The first kappa shape index (κ1) is 19.3. The van der Waals surface area contributed by atoms with E-state index in [-0.39, 0.29) is 16.3 Å². The number of nitrogens with zero attached hydrogens (tertiary/aromatic N) is 2. The van der Waals surface area contributed by atoms with Crippen LogP contribution in [-0.4, -0.2) is 36.4 Å². The molecule has 8 heteroatoms. The topological polar surface area (TPSA) is 63.8 Å². The van der Waals surface area contributed by atoms with Crippen molar-refractivity contribution in [3.63, 3.8) is 0 Å². The third-order valence-corrected chi connectivity index (χ3v) is 7.41. The molecule has 1 aliphatic carbocycles. The molecule has 1 aromatic heterocycles. The first-order valence-electron chi connectivity index (χ1n) is 9.73. The molecule has 0 amide bonds. The molecule has 1 N–H and O–H groups in total. The normalized spacial score (nSPS) is 19.0. The molecule has 6 nitrogen and oxygen atoms in total. The predicted octanol–water partition coefficient (Wildman–Crippen LogP) is 0.977. The van der Waals surface area contributed by atoms with Crippen LogP contribution < -0.4 is 10.5 Å². The van der Waals surface area contributed by atoms with Gasteiger partial charge in [-0.25, -0.2) is 12.8 Å². The van der Waals surface area contributed by atoms with E-state index in [0.717, 1.165) is 31.2 Å². The number of aromatic nitrogens is 1. The van der Waals surface area contributed by atoms with E-state index in [0.29, 0.717) is 32.3 Å². The first-order valence-corrected chi connectivity index (χ1v) is 11.2. The van der Waals surface area contributed by atoms with Crippen LogP contribution in [0.1, 0.15) is 31.2 Å². The Morgan fingerprint density at radius 2 is 1.71 bits per heavy atom. The number of halogens is 1. The van der Waals surface area contributed by atoms with E-state index in [1.807, 2.05) is 0 Å². The second-order valence-corrected chi connectivity index (χ2v) is 9.62. The lowest BCUT2D eigenvalue weighted by atomic mass is 10.2. The largest absolute Gasteiger partial charge is 0.311 e. The fourth-order valence-corrected chi connectivity index (χ4v) is 5.30. The van der Waals surface area contributed by atoms with Crippen molar-refractivity contribution >= 4 is 10.0 Å². The standard InChI is InChI=1S/C20H24FN3O3S/c21-17-5-3-16(4-6-17)13-22(18-7-8-18)15-23-14-19(9-10-20(23)25)28(26,27)24-11-1-2-12-24/h3-6,9-10,14,18H,1-2,7-8,11-13,15H2/p+1. The number of rotatable bonds is 7. The van der Waals surface area contributed by atoms with Gasteiger partial charge in [-0.3, -0.25) is 9.36 Å². The van der Waals surface area contributed by atoms with Gasteiger partial charge in [0.15, 0.2) is 6.67 Å². The minimum absolute atomic E-state index is 0.172. The van der Waals surface area contributed by atoms with Crippen LogP contribution >= 0.6 is 0 Å². The third-order valence-electron chi connectivity index (χ3n) is 5.53. The van der Waals surface area contributed by atoms with Gasteiger partial charge in [-0.15, -0.1) is 0 Å². The molecule has 0 spiro atoms. The molecule has 1 aromatic carbocycles. The molecule has 2 fully saturated rings. The van der Waals surface area contributed by atoms with Crippen LogP contribution in [0.3, 0.4) is 0 Å². The zero-order valence-electron chi connectivity index (χ0n) is 15.7. The molecule has 2 aromatic rings. The van der Waals surface area contributed by atoms with Crippen molar-refractivity contribution in [1.29, 1.82) is 0 Å².